The third-order valence-corrected chi connectivity index (χ3v) is 6.26. The van der Waals surface area contributed by atoms with E-state index < -0.39 is 18.0 Å². The van der Waals surface area contributed by atoms with Gasteiger partial charge in [-0.05, 0) is 57.5 Å². The third-order valence-electron chi connectivity index (χ3n) is 6.26. The van der Waals surface area contributed by atoms with E-state index >= 15 is 0 Å². The van der Waals surface area contributed by atoms with E-state index in [1.54, 1.807) is 12.1 Å². The number of amides is 2. The van der Waals surface area contributed by atoms with E-state index in [2.05, 4.69) is 20.9 Å². The number of hydrogen-bond donors (Lipinski definition) is 8. The van der Waals surface area contributed by atoms with E-state index in [9.17, 15) is 24.6 Å². The van der Waals surface area contributed by atoms with Gasteiger partial charge in [0, 0.05) is 34.5 Å². The van der Waals surface area contributed by atoms with Crippen molar-refractivity contribution in [2.45, 2.75) is 59.3 Å². The highest BCUT2D eigenvalue weighted by Gasteiger charge is 2.19. The number of rotatable bonds is 11. The molecule has 1 atom stereocenters. The Balaban J connectivity index is 0.00000462. The molecule has 0 unspecified atom stereocenters. The predicted octanol–water partition coefficient (Wildman–Crippen LogP) is 2.70. The largest absolute Gasteiger partial charge is 0.507 e. The van der Waals surface area contributed by atoms with E-state index in [1.165, 1.54) is 29.0 Å². The number of benzene rings is 2. The van der Waals surface area contributed by atoms with Gasteiger partial charge in [0.05, 0.1) is 24.0 Å². The van der Waals surface area contributed by atoms with Gasteiger partial charge in [0.15, 0.2) is 5.82 Å². The molecule has 1 heterocycles. The smallest absolute Gasteiger partial charge is 0.294 e. The number of aromatic nitrogens is 2. The fourth-order valence-electron chi connectivity index (χ4n) is 3.95. The second kappa shape index (κ2) is 15.7. The zero-order valence-corrected chi connectivity index (χ0v) is 25.9. The first-order valence-electron chi connectivity index (χ1n) is 13.0. The van der Waals surface area contributed by atoms with E-state index in [0.29, 0.717) is 5.56 Å². The summed E-state index contributed by atoms with van der Waals surface area (Å²) in [5.41, 5.74) is 12.3. The van der Waals surface area contributed by atoms with Crippen LogP contribution in [-0.2, 0) is 17.9 Å². The predicted molar refractivity (Wildman–Crippen MR) is 171 cm³/mol. The molecule has 0 saturated carbocycles. The number of nitrogens with two attached hydrogens (primary N) is 2. The van der Waals surface area contributed by atoms with Crippen LogP contribution in [0.15, 0.2) is 41.3 Å². The van der Waals surface area contributed by atoms with Crippen molar-refractivity contribution in [2.75, 3.05) is 11.1 Å². The first-order valence-corrected chi connectivity index (χ1v) is 13.0. The van der Waals surface area contributed by atoms with Gasteiger partial charge in [0.1, 0.15) is 23.9 Å². The van der Waals surface area contributed by atoms with Crippen LogP contribution in [0.3, 0.4) is 0 Å². The minimum absolute atomic E-state index is 0. The van der Waals surface area contributed by atoms with Crippen molar-refractivity contribution >= 4 is 54.0 Å². The molecule has 234 valence electrons. The van der Waals surface area contributed by atoms with Gasteiger partial charge in [0.25, 0.3) is 11.5 Å². The van der Waals surface area contributed by atoms with Gasteiger partial charge >= 0.3 is 0 Å². The molecule has 10 N–H and O–H groups in total. The maximum atomic E-state index is 13.4. The van der Waals surface area contributed by atoms with Crippen molar-refractivity contribution in [3.63, 3.8) is 0 Å². The lowest BCUT2D eigenvalue weighted by molar-refractivity contribution is -0.121. The van der Waals surface area contributed by atoms with Gasteiger partial charge in [-0.2, -0.15) is 0 Å². The Morgan fingerprint density at radius 2 is 1.67 bits per heavy atom. The number of amidine groups is 1. The van der Waals surface area contributed by atoms with Gasteiger partial charge < -0.3 is 37.6 Å². The van der Waals surface area contributed by atoms with Crippen LogP contribution in [0.5, 0.6) is 11.5 Å². The van der Waals surface area contributed by atoms with Crippen molar-refractivity contribution in [1.82, 2.24) is 20.2 Å². The quantitative estimate of drug-likeness (QED) is 0.0878. The van der Waals surface area contributed by atoms with E-state index in [-0.39, 0.29) is 101 Å². The number of phenols is 2. The van der Waals surface area contributed by atoms with Crippen LogP contribution in [0.1, 0.15) is 55.6 Å². The maximum absolute atomic E-state index is 13.4. The number of halogens is 2. The molecule has 0 radical (unpaired) electrons. The Morgan fingerprint density at radius 3 is 2.23 bits per heavy atom. The molecule has 0 aliphatic carbocycles. The molecule has 13 nitrogen and oxygen atoms in total. The normalized spacial score (nSPS) is 11.1. The van der Waals surface area contributed by atoms with Crippen LogP contribution >= 0.6 is 24.8 Å². The summed E-state index contributed by atoms with van der Waals surface area (Å²) in [4.78, 5) is 43.5. The monoisotopic (exact) mass is 636 g/mol. The highest BCUT2D eigenvalue weighted by atomic mass is 35.5. The average Bonchev–Trinajstić information content (AvgIpc) is 2.89. The number of anilines is 2. The molecule has 0 aliphatic rings. The molecule has 3 aromatic rings. The molecule has 2 amide bonds. The zero-order chi connectivity index (χ0) is 30.4. The fraction of sp³-hybridized carbons (Fsp3) is 0.321. The molecule has 0 saturated heterocycles. The minimum atomic E-state index is -0.608. The number of nitrogens with zero attached hydrogens (tertiary/aromatic N) is 2. The maximum Gasteiger partial charge on any atom is 0.294 e. The van der Waals surface area contributed by atoms with Crippen LogP contribution < -0.4 is 33.0 Å². The second-order valence-corrected chi connectivity index (χ2v) is 9.99. The molecule has 0 spiro atoms. The summed E-state index contributed by atoms with van der Waals surface area (Å²) in [6.45, 7) is 6.79. The summed E-state index contributed by atoms with van der Waals surface area (Å²) in [6.07, 6.45) is 2.16. The molecular formula is C28H38Cl2N8O5. The van der Waals surface area contributed by atoms with Crippen LogP contribution in [0.4, 0.5) is 11.5 Å². The number of carbonyl (C=O) groups excluding carboxylic acids is 2. The van der Waals surface area contributed by atoms with Crippen LogP contribution in [-0.4, -0.2) is 49.5 Å². The van der Waals surface area contributed by atoms with Gasteiger partial charge in [-0.25, -0.2) is 4.98 Å². The molecular weight excluding hydrogens is 599 g/mol. The van der Waals surface area contributed by atoms with Crippen LogP contribution in [0.25, 0.3) is 11.3 Å². The summed E-state index contributed by atoms with van der Waals surface area (Å²) in [6, 6.07) is 6.90. The number of nitrogens with one attached hydrogen (secondary N) is 4. The van der Waals surface area contributed by atoms with Crippen LogP contribution in [0, 0.1) is 5.41 Å². The molecule has 0 fully saturated rings. The Labute approximate surface area is 261 Å². The Bertz CT molecular complexity index is 1520. The highest BCUT2D eigenvalue weighted by Crippen LogP contribution is 2.29. The van der Waals surface area contributed by atoms with E-state index in [0.717, 1.165) is 6.42 Å². The summed E-state index contributed by atoms with van der Waals surface area (Å²) in [7, 11) is 0. The topological polar surface area (TPSA) is 221 Å². The lowest BCUT2D eigenvalue weighted by Crippen LogP contribution is -2.35. The first kappa shape index (κ1) is 36.5. The third kappa shape index (κ3) is 9.25. The molecule has 0 aliphatic heterocycles. The molecule has 1 aromatic heterocycles. The number of aromatic hydroxyl groups is 2. The van der Waals surface area contributed by atoms with Crippen molar-refractivity contribution in [1.29, 1.82) is 5.41 Å². The van der Waals surface area contributed by atoms with Gasteiger partial charge in [0.2, 0.25) is 5.91 Å². The minimum Gasteiger partial charge on any atom is -0.507 e. The Morgan fingerprint density at radius 1 is 1.05 bits per heavy atom. The lowest BCUT2D eigenvalue weighted by atomic mass is 10.1. The molecule has 3 rings (SSSR count). The number of hydrogen-bond acceptors (Lipinski definition) is 9. The molecule has 43 heavy (non-hydrogen) atoms. The number of nitrogen functional groups attached to an aromatic ring is 2. The van der Waals surface area contributed by atoms with E-state index in [1.807, 2.05) is 27.7 Å². The summed E-state index contributed by atoms with van der Waals surface area (Å²) in [5, 5.41) is 36.4. The summed E-state index contributed by atoms with van der Waals surface area (Å²) < 4.78 is 1.21. The number of carbonyl (C=O) groups is 2. The Hall–Kier alpha value is -4.49. The van der Waals surface area contributed by atoms with Crippen molar-refractivity contribution in [2.24, 2.45) is 5.73 Å². The second-order valence-electron chi connectivity index (χ2n) is 9.99. The summed E-state index contributed by atoms with van der Waals surface area (Å²) >= 11 is 0. The van der Waals surface area contributed by atoms with Crippen molar-refractivity contribution in [3.05, 3.63) is 63.6 Å². The van der Waals surface area contributed by atoms with E-state index in [4.69, 9.17) is 16.9 Å². The standard InChI is InChI=1S/C28H36N8O5.2ClH/c1-5-15(4)35-27(40)18-6-16(7-19(29)8-18)21-12-33-26(34-14(2)3)28(41)36(21)13-24(39)32-11-20-22(37)9-17(25(30)31)10-23(20)38;;/h6-10,12,14-15,37-38H,5,11,13,29H2,1-4H3,(H3,30,31)(H,32,39)(H,33,34)(H,35,40);2*1H/t15-;;/m0../s1. The van der Waals surface area contributed by atoms with Crippen molar-refractivity contribution < 1.29 is 19.8 Å². The zero-order valence-electron chi connectivity index (χ0n) is 24.2. The molecule has 0 bridgehead atoms. The average molecular weight is 638 g/mol. The summed E-state index contributed by atoms with van der Waals surface area (Å²) in [5.74, 6) is -1.97. The highest BCUT2D eigenvalue weighted by molar-refractivity contribution is 5.97. The Kier molecular flexibility index (Phi) is 13.3. The number of phenolic OH excluding ortho intramolecular Hbond substituents is 2. The SMILES string of the molecule is CC[C@H](C)NC(=O)c1cc(N)cc(-c2cnc(NC(C)C)c(=O)n2CC(=O)NCc2c(O)cc(C(=N)N)cc2O)c1.Cl.Cl. The van der Waals surface area contributed by atoms with Gasteiger partial charge in [-0.15, -0.1) is 24.8 Å². The molecule has 2 aromatic carbocycles. The van der Waals surface area contributed by atoms with Crippen LogP contribution in [0.2, 0.25) is 0 Å². The fourth-order valence-corrected chi connectivity index (χ4v) is 3.95. The van der Waals surface area contributed by atoms with Crippen molar-refractivity contribution in [3.8, 4) is 22.8 Å². The van der Waals surface area contributed by atoms with Gasteiger partial charge in [-0.1, -0.05) is 6.92 Å². The first-order chi connectivity index (χ1) is 19.3. The molecule has 15 heteroatoms. The van der Waals surface area contributed by atoms with Gasteiger partial charge in [-0.3, -0.25) is 24.4 Å². The lowest BCUT2D eigenvalue weighted by Gasteiger charge is -2.18.